The summed E-state index contributed by atoms with van der Waals surface area (Å²) in [6.07, 6.45) is 6.12. The number of rotatable bonds is 9. The summed E-state index contributed by atoms with van der Waals surface area (Å²) in [6.45, 7) is 0.548. The summed E-state index contributed by atoms with van der Waals surface area (Å²) in [5.74, 6) is 0.000450. The molecule has 1 fully saturated rings. The van der Waals surface area contributed by atoms with Crippen LogP contribution in [0.3, 0.4) is 0 Å². The molecule has 1 atom stereocenters. The van der Waals surface area contributed by atoms with Gasteiger partial charge in [-0.2, -0.15) is 8.78 Å². The van der Waals surface area contributed by atoms with Gasteiger partial charge in [0.15, 0.2) is 5.78 Å². The van der Waals surface area contributed by atoms with Gasteiger partial charge in [0.25, 0.3) is 0 Å². The molecule has 0 aliphatic heterocycles. The molecule has 1 aliphatic carbocycles. The number of Topliss-reactive ketones (excluding diaryl/α,β-unsaturated/α-hetero) is 1. The zero-order valence-corrected chi connectivity index (χ0v) is 18.3. The first kappa shape index (κ1) is 22.2. The Morgan fingerprint density at radius 2 is 2.03 bits per heavy atom. The Balaban J connectivity index is 1.81. The Hall–Kier alpha value is -3.00. The second-order valence-corrected chi connectivity index (χ2v) is 8.42. The maximum Gasteiger partial charge on any atom is 0.387 e. The van der Waals surface area contributed by atoms with E-state index < -0.39 is 12.2 Å². The van der Waals surface area contributed by atoms with Crippen LogP contribution in [0.1, 0.15) is 55.5 Å². The van der Waals surface area contributed by atoms with Crippen LogP contribution in [0.15, 0.2) is 36.7 Å². The van der Waals surface area contributed by atoms with Gasteiger partial charge in [0.2, 0.25) is 0 Å². The van der Waals surface area contributed by atoms with E-state index in [-0.39, 0.29) is 29.3 Å². The SMILES string of the molecule is CC[C@](C)(O)c1ccn2c(-c3cc(OC)c(C(=O)CC4CC4)c(OC(F)F)c3)cnc2c1. The molecular formula is C24H26F2N2O4. The van der Waals surface area contributed by atoms with E-state index in [0.29, 0.717) is 29.2 Å². The molecule has 1 aromatic carbocycles. The van der Waals surface area contributed by atoms with E-state index in [4.69, 9.17) is 9.47 Å². The number of nitrogens with zero attached hydrogens (tertiary/aromatic N) is 2. The second-order valence-electron chi connectivity index (χ2n) is 8.42. The summed E-state index contributed by atoms with van der Waals surface area (Å²) in [5.41, 5.74) is 1.50. The van der Waals surface area contributed by atoms with E-state index in [1.54, 1.807) is 41.9 Å². The van der Waals surface area contributed by atoms with E-state index in [0.717, 1.165) is 18.4 Å². The van der Waals surface area contributed by atoms with E-state index in [1.165, 1.54) is 13.2 Å². The van der Waals surface area contributed by atoms with Gasteiger partial charge in [-0.05, 0) is 61.9 Å². The summed E-state index contributed by atoms with van der Waals surface area (Å²) < 4.78 is 38.3. The Bertz CT molecular complexity index is 1150. The largest absolute Gasteiger partial charge is 0.496 e. The predicted molar refractivity (Wildman–Crippen MR) is 115 cm³/mol. The first-order valence-electron chi connectivity index (χ1n) is 10.6. The van der Waals surface area contributed by atoms with E-state index in [1.807, 2.05) is 6.92 Å². The topological polar surface area (TPSA) is 73.1 Å². The van der Waals surface area contributed by atoms with Gasteiger partial charge >= 0.3 is 6.61 Å². The average Bonchev–Trinajstić information content (AvgIpc) is 3.47. The van der Waals surface area contributed by atoms with Crippen molar-refractivity contribution in [2.75, 3.05) is 7.11 Å². The number of benzene rings is 1. The summed E-state index contributed by atoms with van der Waals surface area (Å²) in [4.78, 5) is 17.2. The van der Waals surface area contributed by atoms with Gasteiger partial charge in [-0.1, -0.05) is 6.92 Å². The Morgan fingerprint density at radius 3 is 2.66 bits per heavy atom. The number of fused-ring (bicyclic) bond motifs is 1. The fraction of sp³-hybridized carbons (Fsp3) is 0.417. The van der Waals surface area contributed by atoms with Gasteiger partial charge in [0.05, 0.1) is 24.6 Å². The molecule has 0 amide bonds. The molecule has 3 aromatic rings. The third kappa shape index (κ3) is 4.32. The van der Waals surface area contributed by atoms with Gasteiger partial charge in [-0.3, -0.25) is 9.20 Å². The van der Waals surface area contributed by atoms with Crippen molar-refractivity contribution in [3.05, 3.63) is 47.8 Å². The van der Waals surface area contributed by atoms with Crippen molar-refractivity contribution in [3.63, 3.8) is 0 Å². The quantitative estimate of drug-likeness (QED) is 0.459. The highest BCUT2D eigenvalue weighted by atomic mass is 19.3. The van der Waals surface area contributed by atoms with Crippen LogP contribution >= 0.6 is 0 Å². The number of ketones is 1. The van der Waals surface area contributed by atoms with E-state index in [2.05, 4.69) is 4.98 Å². The monoisotopic (exact) mass is 444 g/mol. The number of carbonyl (C=O) groups excluding carboxylic acids is 1. The Kier molecular flexibility index (Phi) is 5.90. The first-order chi connectivity index (χ1) is 15.2. The second kappa shape index (κ2) is 8.50. The molecule has 1 saturated carbocycles. The Labute approximate surface area is 184 Å². The molecule has 6 nitrogen and oxygen atoms in total. The highest BCUT2D eigenvalue weighted by molar-refractivity contribution is 6.02. The number of hydrogen-bond donors (Lipinski definition) is 1. The molecule has 0 saturated heterocycles. The molecule has 4 rings (SSSR count). The van der Waals surface area contributed by atoms with Crippen molar-refractivity contribution >= 4 is 11.4 Å². The smallest absolute Gasteiger partial charge is 0.387 e. The molecule has 0 unspecified atom stereocenters. The van der Waals surface area contributed by atoms with Crippen LogP contribution in [-0.4, -0.2) is 34.0 Å². The number of pyridine rings is 1. The minimum atomic E-state index is -3.08. The minimum absolute atomic E-state index is 0.0403. The molecule has 0 spiro atoms. The molecule has 1 N–H and O–H groups in total. The lowest BCUT2D eigenvalue weighted by Crippen LogP contribution is -2.19. The lowest BCUT2D eigenvalue weighted by molar-refractivity contribution is -0.0502. The van der Waals surface area contributed by atoms with Gasteiger partial charge in [-0.25, -0.2) is 4.98 Å². The van der Waals surface area contributed by atoms with Crippen LogP contribution in [0.5, 0.6) is 11.5 Å². The zero-order chi connectivity index (χ0) is 23.0. The number of carbonyl (C=O) groups is 1. The maximum absolute atomic E-state index is 13.2. The van der Waals surface area contributed by atoms with Gasteiger partial charge in [0.1, 0.15) is 22.7 Å². The maximum atomic E-state index is 13.2. The van der Waals surface area contributed by atoms with Crippen molar-refractivity contribution in [1.29, 1.82) is 0 Å². The van der Waals surface area contributed by atoms with Crippen LogP contribution < -0.4 is 9.47 Å². The molecule has 1 aliphatic rings. The summed E-state index contributed by atoms with van der Waals surface area (Å²) in [5, 5.41) is 10.5. The summed E-state index contributed by atoms with van der Waals surface area (Å²) in [7, 11) is 1.40. The highest BCUT2D eigenvalue weighted by Gasteiger charge is 2.30. The number of alkyl halides is 2. The molecule has 2 heterocycles. The average molecular weight is 444 g/mol. The van der Waals surface area contributed by atoms with Crippen LogP contribution in [0, 0.1) is 5.92 Å². The molecule has 0 bridgehead atoms. The molecule has 170 valence electrons. The number of hydrogen-bond acceptors (Lipinski definition) is 5. The molecule has 8 heteroatoms. The van der Waals surface area contributed by atoms with Crippen LogP contribution in [0.25, 0.3) is 16.9 Å². The predicted octanol–water partition coefficient (Wildman–Crippen LogP) is 5.21. The lowest BCUT2D eigenvalue weighted by Gasteiger charge is -2.21. The number of aliphatic hydroxyl groups is 1. The molecule has 32 heavy (non-hydrogen) atoms. The van der Waals surface area contributed by atoms with Gasteiger partial charge in [0, 0.05) is 18.2 Å². The number of halogens is 2. The van der Waals surface area contributed by atoms with Crippen molar-refractivity contribution < 1.29 is 28.2 Å². The van der Waals surface area contributed by atoms with Gasteiger partial charge in [-0.15, -0.1) is 0 Å². The van der Waals surface area contributed by atoms with Crippen LogP contribution in [0.4, 0.5) is 8.78 Å². The van der Waals surface area contributed by atoms with Crippen molar-refractivity contribution in [2.45, 2.75) is 51.7 Å². The van der Waals surface area contributed by atoms with E-state index >= 15 is 0 Å². The minimum Gasteiger partial charge on any atom is -0.496 e. The van der Waals surface area contributed by atoms with Crippen molar-refractivity contribution in [3.8, 4) is 22.8 Å². The highest BCUT2D eigenvalue weighted by Crippen LogP contribution is 2.40. The number of imidazole rings is 1. The number of ether oxygens (including phenoxy) is 2. The third-order valence-corrected chi connectivity index (χ3v) is 6.07. The molecule has 2 aromatic heterocycles. The van der Waals surface area contributed by atoms with Crippen LogP contribution in [-0.2, 0) is 5.60 Å². The first-order valence-corrected chi connectivity index (χ1v) is 10.6. The lowest BCUT2D eigenvalue weighted by atomic mass is 9.94. The third-order valence-electron chi connectivity index (χ3n) is 6.07. The van der Waals surface area contributed by atoms with Gasteiger partial charge < -0.3 is 14.6 Å². The fourth-order valence-corrected chi connectivity index (χ4v) is 3.78. The van der Waals surface area contributed by atoms with Crippen molar-refractivity contribution in [2.24, 2.45) is 5.92 Å². The standard InChI is InChI=1S/C24H26F2N2O4/c1-4-24(2,30)16-7-8-28-17(13-27-21(28)12-16)15-10-19(31-3)22(18(29)9-14-5-6-14)20(11-15)32-23(25)26/h7-8,10-14,23,30H,4-6,9H2,1-3H3/t24-/m0/s1. The zero-order valence-electron chi connectivity index (χ0n) is 18.3. The van der Waals surface area contributed by atoms with Crippen molar-refractivity contribution in [1.82, 2.24) is 9.38 Å². The molecular weight excluding hydrogens is 418 g/mol. The number of aromatic nitrogens is 2. The normalized spacial score (nSPS) is 15.7. The summed E-state index contributed by atoms with van der Waals surface area (Å²) >= 11 is 0. The number of methoxy groups -OCH3 is 1. The fourth-order valence-electron chi connectivity index (χ4n) is 3.78. The van der Waals surface area contributed by atoms with E-state index in [9.17, 15) is 18.7 Å². The Morgan fingerprint density at radius 1 is 1.31 bits per heavy atom. The van der Waals surface area contributed by atoms with Crippen LogP contribution in [0.2, 0.25) is 0 Å². The molecule has 0 radical (unpaired) electrons. The summed E-state index contributed by atoms with van der Waals surface area (Å²) in [6, 6.07) is 6.64.